The van der Waals surface area contributed by atoms with Crippen molar-refractivity contribution in [3.05, 3.63) is 35.4 Å². The molecule has 3 rings (SSSR count). The Bertz CT molecular complexity index is 499. The minimum absolute atomic E-state index is 0.184. The standard InChI is InChI=1S/C16H19NO3/c17-10-12-1-3-13(4-2-12)15(18)14-5-7-20-16(9-14)6-8-19-11-16/h1-4,14-15,18H,5-9,11H2. The van der Waals surface area contributed by atoms with Crippen molar-refractivity contribution >= 4 is 0 Å². The van der Waals surface area contributed by atoms with Crippen molar-refractivity contribution in [2.24, 2.45) is 5.92 Å². The van der Waals surface area contributed by atoms with E-state index in [2.05, 4.69) is 6.07 Å². The summed E-state index contributed by atoms with van der Waals surface area (Å²) in [6.45, 7) is 2.07. The van der Waals surface area contributed by atoms with Crippen LogP contribution in [0.25, 0.3) is 0 Å². The molecule has 1 aromatic rings. The van der Waals surface area contributed by atoms with Gasteiger partial charge in [0.2, 0.25) is 0 Å². The van der Waals surface area contributed by atoms with Crippen LogP contribution >= 0.6 is 0 Å². The Labute approximate surface area is 118 Å². The van der Waals surface area contributed by atoms with Crippen LogP contribution in [0.4, 0.5) is 0 Å². The van der Waals surface area contributed by atoms with Crippen LogP contribution in [0.3, 0.4) is 0 Å². The predicted octanol–water partition coefficient (Wildman–Crippen LogP) is 2.18. The predicted molar refractivity (Wildman–Crippen MR) is 73.0 cm³/mol. The van der Waals surface area contributed by atoms with Crippen LogP contribution in [0.2, 0.25) is 0 Å². The van der Waals surface area contributed by atoms with Gasteiger partial charge >= 0.3 is 0 Å². The molecule has 1 aromatic carbocycles. The van der Waals surface area contributed by atoms with Crippen LogP contribution in [0.15, 0.2) is 24.3 Å². The summed E-state index contributed by atoms with van der Waals surface area (Å²) in [5, 5.41) is 19.4. The number of hydrogen-bond acceptors (Lipinski definition) is 4. The molecule has 2 saturated heterocycles. The van der Waals surface area contributed by atoms with Crippen LogP contribution in [0, 0.1) is 17.2 Å². The second-order valence-electron chi connectivity index (χ2n) is 5.77. The number of nitrogens with zero attached hydrogens (tertiary/aromatic N) is 1. The number of aliphatic hydroxyl groups excluding tert-OH is 1. The maximum Gasteiger partial charge on any atom is 0.0991 e. The third kappa shape index (κ3) is 2.57. The summed E-state index contributed by atoms with van der Waals surface area (Å²) in [4.78, 5) is 0. The van der Waals surface area contributed by atoms with Gasteiger partial charge in [-0.25, -0.2) is 0 Å². The molecular weight excluding hydrogens is 254 g/mol. The van der Waals surface area contributed by atoms with Gasteiger partial charge in [0.15, 0.2) is 0 Å². The lowest BCUT2D eigenvalue weighted by Crippen LogP contribution is -2.41. The van der Waals surface area contributed by atoms with E-state index < -0.39 is 6.10 Å². The lowest BCUT2D eigenvalue weighted by Gasteiger charge is -2.39. The van der Waals surface area contributed by atoms with E-state index in [1.54, 1.807) is 12.1 Å². The van der Waals surface area contributed by atoms with Crippen molar-refractivity contribution in [1.29, 1.82) is 5.26 Å². The SMILES string of the molecule is N#Cc1ccc(C(O)C2CCOC3(CCOC3)C2)cc1. The lowest BCUT2D eigenvalue weighted by atomic mass is 9.80. The number of aliphatic hydroxyl groups is 1. The molecule has 0 aromatic heterocycles. The summed E-state index contributed by atoms with van der Waals surface area (Å²) >= 11 is 0. The summed E-state index contributed by atoms with van der Waals surface area (Å²) in [7, 11) is 0. The number of benzene rings is 1. The van der Waals surface area contributed by atoms with Crippen LogP contribution in [-0.4, -0.2) is 30.5 Å². The van der Waals surface area contributed by atoms with E-state index >= 15 is 0 Å². The fraction of sp³-hybridized carbons (Fsp3) is 0.562. The normalized spacial score (nSPS) is 31.1. The summed E-state index contributed by atoms with van der Waals surface area (Å²) in [6.07, 6.45) is 2.13. The van der Waals surface area contributed by atoms with E-state index in [1.165, 1.54) is 0 Å². The van der Waals surface area contributed by atoms with Gasteiger partial charge in [-0.3, -0.25) is 0 Å². The first kappa shape index (κ1) is 13.6. The number of rotatable bonds is 2. The molecule has 0 radical (unpaired) electrons. The minimum atomic E-state index is -0.496. The van der Waals surface area contributed by atoms with Gasteiger partial charge < -0.3 is 14.6 Å². The molecule has 3 unspecified atom stereocenters. The van der Waals surface area contributed by atoms with Crippen LogP contribution in [0.1, 0.15) is 36.5 Å². The molecule has 0 bridgehead atoms. The second kappa shape index (κ2) is 5.53. The Morgan fingerprint density at radius 3 is 2.75 bits per heavy atom. The molecule has 2 heterocycles. The van der Waals surface area contributed by atoms with E-state index in [4.69, 9.17) is 14.7 Å². The van der Waals surface area contributed by atoms with Gasteiger partial charge in [0.05, 0.1) is 29.9 Å². The van der Waals surface area contributed by atoms with Gasteiger partial charge in [-0.15, -0.1) is 0 Å². The zero-order valence-corrected chi connectivity index (χ0v) is 11.4. The van der Waals surface area contributed by atoms with Crippen molar-refractivity contribution in [3.8, 4) is 6.07 Å². The average Bonchev–Trinajstić information content (AvgIpc) is 2.94. The molecular formula is C16H19NO3. The Hall–Kier alpha value is -1.41. The topological polar surface area (TPSA) is 62.5 Å². The third-order valence-corrected chi connectivity index (χ3v) is 4.43. The molecule has 1 spiro atoms. The summed E-state index contributed by atoms with van der Waals surface area (Å²) < 4.78 is 11.4. The number of hydrogen-bond donors (Lipinski definition) is 1. The van der Waals surface area contributed by atoms with E-state index in [0.29, 0.717) is 18.8 Å². The van der Waals surface area contributed by atoms with Gasteiger partial charge in [0.25, 0.3) is 0 Å². The van der Waals surface area contributed by atoms with Crippen molar-refractivity contribution < 1.29 is 14.6 Å². The van der Waals surface area contributed by atoms with Crippen LogP contribution in [-0.2, 0) is 9.47 Å². The molecule has 0 amide bonds. The molecule has 2 aliphatic rings. The van der Waals surface area contributed by atoms with Crippen LogP contribution in [0.5, 0.6) is 0 Å². The van der Waals surface area contributed by atoms with Crippen molar-refractivity contribution in [3.63, 3.8) is 0 Å². The first-order chi connectivity index (χ1) is 9.72. The van der Waals surface area contributed by atoms with Crippen molar-refractivity contribution in [2.45, 2.75) is 31.0 Å². The van der Waals surface area contributed by atoms with Gasteiger partial charge in [-0.05, 0) is 36.5 Å². The minimum Gasteiger partial charge on any atom is -0.388 e. The van der Waals surface area contributed by atoms with Gasteiger partial charge in [0, 0.05) is 19.6 Å². The second-order valence-corrected chi connectivity index (χ2v) is 5.77. The molecule has 20 heavy (non-hydrogen) atoms. The molecule has 2 aliphatic heterocycles. The molecule has 4 heteroatoms. The molecule has 0 saturated carbocycles. The lowest BCUT2D eigenvalue weighted by molar-refractivity contribution is -0.117. The molecule has 3 atom stereocenters. The maximum absolute atomic E-state index is 10.6. The maximum atomic E-state index is 10.6. The Balaban J connectivity index is 1.72. The van der Waals surface area contributed by atoms with Gasteiger partial charge in [-0.1, -0.05) is 12.1 Å². The van der Waals surface area contributed by atoms with E-state index in [0.717, 1.165) is 31.4 Å². The largest absolute Gasteiger partial charge is 0.388 e. The quantitative estimate of drug-likeness (QED) is 0.897. The first-order valence-electron chi connectivity index (χ1n) is 7.12. The summed E-state index contributed by atoms with van der Waals surface area (Å²) in [5.74, 6) is 0.193. The molecule has 106 valence electrons. The fourth-order valence-electron chi connectivity index (χ4n) is 3.23. The first-order valence-corrected chi connectivity index (χ1v) is 7.12. The van der Waals surface area contributed by atoms with Gasteiger partial charge in [0.1, 0.15) is 0 Å². The smallest absolute Gasteiger partial charge is 0.0991 e. The summed E-state index contributed by atoms with van der Waals surface area (Å²) in [5.41, 5.74) is 1.31. The van der Waals surface area contributed by atoms with E-state index in [1.807, 2.05) is 12.1 Å². The molecule has 4 nitrogen and oxygen atoms in total. The molecule has 0 aliphatic carbocycles. The Kier molecular flexibility index (Phi) is 3.75. The Morgan fingerprint density at radius 1 is 1.30 bits per heavy atom. The van der Waals surface area contributed by atoms with Crippen LogP contribution < -0.4 is 0 Å². The monoisotopic (exact) mass is 273 g/mol. The zero-order chi connectivity index (χ0) is 14.0. The highest BCUT2D eigenvalue weighted by Gasteiger charge is 2.42. The Morgan fingerprint density at radius 2 is 2.10 bits per heavy atom. The number of ether oxygens (including phenoxy) is 2. The fourth-order valence-corrected chi connectivity index (χ4v) is 3.23. The molecule has 2 fully saturated rings. The van der Waals surface area contributed by atoms with Crippen molar-refractivity contribution in [2.75, 3.05) is 19.8 Å². The highest BCUT2D eigenvalue weighted by Crippen LogP contribution is 2.40. The zero-order valence-electron chi connectivity index (χ0n) is 11.4. The summed E-state index contributed by atoms with van der Waals surface area (Å²) in [6, 6.07) is 9.29. The third-order valence-electron chi connectivity index (χ3n) is 4.43. The van der Waals surface area contributed by atoms with Gasteiger partial charge in [-0.2, -0.15) is 5.26 Å². The van der Waals surface area contributed by atoms with E-state index in [9.17, 15) is 5.11 Å². The average molecular weight is 273 g/mol. The van der Waals surface area contributed by atoms with Crippen molar-refractivity contribution in [1.82, 2.24) is 0 Å². The highest BCUT2D eigenvalue weighted by molar-refractivity contribution is 5.32. The molecule has 1 N–H and O–H groups in total. The van der Waals surface area contributed by atoms with E-state index in [-0.39, 0.29) is 11.5 Å². The highest BCUT2D eigenvalue weighted by atomic mass is 16.6. The number of nitriles is 1.